The van der Waals surface area contributed by atoms with Crippen LogP contribution in [-0.2, 0) is 13.1 Å². The fraction of sp³-hybridized carbons (Fsp3) is 0.382. The molecule has 5 heterocycles. The van der Waals surface area contributed by atoms with Crippen molar-refractivity contribution in [3.63, 3.8) is 0 Å². The third-order valence-corrected chi connectivity index (χ3v) is 9.02. The van der Waals surface area contributed by atoms with Crippen molar-refractivity contribution in [3.05, 3.63) is 93.7 Å². The summed E-state index contributed by atoms with van der Waals surface area (Å²) in [6.45, 7) is 4.33. The number of benzene rings is 1. The van der Waals surface area contributed by atoms with Crippen LogP contribution in [0.3, 0.4) is 0 Å². The summed E-state index contributed by atoms with van der Waals surface area (Å²) in [5, 5.41) is 0.111. The van der Waals surface area contributed by atoms with Gasteiger partial charge in [-0.05, 0) is 56.0 Å². The van der Waals surface area contributed by atoms with Crippen molar-refractivity contribution >= 4 is 22.4 Å². The highest BCUT2D eigenvalue weighted by molar-refractivity contribution is 5.86. The van der Waals surface area contributed by atoms with Crippen molar-refractivity contribution < 1.29 is 18.3 Å². The summed E-state index contributed by atoms with van der Waals surface area (Å²) in [5.74, 6) is -0.897. The molecule has 1 fully saturated rings. The van der Waals surface area contributed by atoms with E-state index in [-0.39, 0.29) is 41.3 Å². The van der Waals surface area contributed by atoms with Crippen LogP contribution in [0.1, 0.15) is 43.4 Å². The van der Waals surface area contributed by atoms with Gasteiger partial charge in [0.15, 0.2) is 17.0 Å². The van der Waals surface area contributed by atoms with E-state index in [2.05, 4.69) is 44.9 Å². The maximum Gasteiger partial charge on any atom is 0.213 e. The molecule has 0 spiro atoms. The molecule has 1 aliphatic carbocycles. The van der Waals surface area contributed by atoms with E-state index in [9.17, 15) is 13.6 Å². The molecule has 4 aromatic rings. The molecule has 0 bridgehead atoms. The molecule has 1 atom stereocenters. The summed E-state index contributed by atoms with van der Waals surface area (Å²) >= 11 is 0. The summed E-state index contributed by atoms with van der Waals surface area (Å²) in [6, 6.07) is 9.42. The van der Waals surface area contributed by atoms with Gasteiger partial charge in [-0.2, -0.15) is 4.39 Å². The average molecular weight is 615 g/mol. The zero-order valence-corrected chi connectivity index (χ0v) is 25.7. The summed E-state index contributed by atoms with van der Waals surface area (Å²) in [4.78, 5) is 29.6. The Labute approximate surface area is 260 Å². The molecule has 0 saturated heterocycles. The quantitative estimate of drug-likeness (QED) is 0.247. The Morgan fingerprint density at radius 2 is 1.98 bits per heavy atom. The summed E-state index contributed by atoms with van der Waals surface area (Å²) < 4.78 is 42.1. The van der Waals surface area contributed by atoms with Gasteiger partial charge >= 0.3 is 0 Å². The van der Waals surface area contributed by atoms with Crippen LogP contribution in [-0.4, -0.2) is 59.3 Å². The molecule has 1 saturated carbocycles. The Hall–Kier alpha value is -4.67. The van der Waals surface area contributed by atoms with Gasteiger partial charge in [0.05, 0.1) is 42.5 Å². The highest BCUT2D eigenvalue weighted by Gasteiger charge is 2.29. The van der Waals surface area contributed by atoms with E-state index < -0.39 is 11.6 Å². The maximum atomic E-state index is 14.7. The van der Waals surface area contributed by atoms with E-state index in [1.807, 2.05) is 29.8 Å². The number of hydrogen-bond acceptors (Lipinski definition) is 8. The van der Waals surface area contributed by atoms with Crippen molar-refractivity contribution in [1.29, 1.82) is 0 Å². The number of hydrogen-bond donors (Lipinski definition) is 0. The number of anilines is 2. The molecule has 45 heavy (non-hydrogen) atoms. The summed E-state index contributed by atoms with van der Waals surface area (Å²) in [7, 11) is 3.67. The van der Waals surface area contributed by atoms with Gasteiger partial charge in [-0.25, -0.2) is 14.4 Å². The molecule has 2 aliphatic heterocycles. The molecule has 9 nitrogen and oxygen atoms in total. The van der Waals surface area contributed by atoms with Crippen LogP contribution in [0.2, 0.25) is 0 Å². The van der Waals surface area contributed by atoms with Gasteiger partial charge in [0.25, 0.3) is 0 Å². The Kier molecular flexibility index (Phi) is 7.55. The highest BCUT2D eigenvalue weighted by atomic mass is 19.2. The molecule has 234 valence electrons. The van der Waals surface area contributed by atoms with Crippen LogP contribution >= 0.6 is 0 Å². The van der Waals surface area contributed by atoms with Gasteiger partial charge in [-0.15, -0.1) is 0 Å². The Balaban J connectivity index is 1.23. The monoisotopic (exact) mass is 614 g/mol. The van der Waals surface area contributed by atoms with Crippen LogP contribution in [0.5, 0.6) is 11.6 Å². The van der Waals surface area contributed by atoms with Crippen molar-refractivity contribution in [2.45, 2.75) is 51.4 Å². The number of pyridine rings is 3. The van der Waals surface area contributed by atoms with Gasteiger partial charge < -0.3 is 28.7 Å². The second-order valence-electron chi connectivity index (χ2n) is 12.1. The Bertz CT molecular complexity index is 1840. The van der Waals surface area contributed by atoms with Gasteiger partial charge in [0, 0.05) is 62.4 Å². The normalized spacial score (nSPS) is 17.6. The predicted molar refractivity (Wildman–Crippen MR) is 169 cm³/mol. The SMILES string of the molecule is COc1cc(CN(Cc2cn3c4c(c(F)c(F)cc4c2=O)OCC3C)C2=CCCN(c3ccc(N(C)C4CC4)nc3)C2)ccn1. The number of methoxy groups -OCH3 is 1. The number of rotatable bonds is 9. The molecule has 11 heteroatoms. The third kappa shape index (κ3) is 5.55. The third-order valence-electron chi connectivity index (χ3n) is 9.02. The van der Waals surface area contributed by atoms with Crippen LogP contribution in [0.15, 0.2) is 65.5 Å². The van der Waals surface area contributed by atoms with Crippen molar-refractivity contribution in [2.75, 3.05) is 43.7 Å². The second kappa shape index (κ2) is 11.7. The second-order valence-corrected chi connectivity index (χ2v) is 12.1. The van der Waals surface area contributed by atoms with E-state index in [0.717, 1.165) is 41.8 Å². The molecule has 1 aromatic carbocycles. The first-order valence-electron chi connectivity index (χ1n) is 15.4. The van der Waals surface area contributed by atoms with Crippen molar-refractivity contribution in [2.24, 2.45) is 0 Å². The van der Waals surface area contributed by atoms with E-state index in [1.165, 1.54) is 12.8 Å². The minimum atomic E-state index is -1.10. The van der Waals surface area contributed by atoms with Gasteiger partial charge in [0.1, 0.15) is 12.4 Å². The average Bonchev–Trinajstić information content (AvgIpc) is 3.92. The molecule has 1 unspecified atom stereocenters. The molecule has 0 N–H and O–H groups in total. The topological polar surface area (TPSA) is 76.0 Å². The molecule has 3 aliphatic rings. The van der Waals surface area contributed by atoms with Gasteiger partial charge in [0.2, 0.25) is 11.7 Å². The first-order valence-corrected chi connectivity index (χ1v) is 15.4. The van der Waals surface area contributed by atoms with Gasteiger partial charge in [-0.3, -0.25) is 4.79 Å². The van der Waals surface area contributed by atoms with E-state index in [4.69, 9.17) is 14.5 Å². The van der Waals surface area contributed by atoms with Gasteiger partial charge in [-0.1, -0.05) is 6.08 Å². The van der Waals surface area contributed by atoms with Crippen molar-refractivity contribution in [1.82, 2.24) is 19.4 Å². The van der Waals surface area contributed by atoms with Crippen molar-refractivity contribution in [3.8, 4) is 11.6 Å². The number of aromatic nitrogens is 3. The van der Waals surface area contributed by atoms with E-state index in [0.29, 0.717) is 30.6 Å². The summed E-state index contributed by atoms with van der Waals surface area (Å²) in [5.41, 5.74) is 3.49. The number of nitrogens with zero attached hydrogens (tertiary/aromatic N) is 6. The highest BCUT2D eigenvalue weighted by Crippen LogP contribution is 2.36. The lowest BCUT2D eigenvalue weighted by Crippen LogP contribution is -2.37. The zero-order valence-electron chi connectivity index (χ0n) is 25.7. The minimum Gasteiger partial charge on any atom is -0.486 e. The minimum absolute atomic E-state index is 0.111. The van der Waals surface area contributed by atoms with E-state index in [1.54, 1.807) is 19.5 Å². The molecule has 3 aromatic heterocycles. The molecular formula is C34H36F2N6O3. The predicted octanol–water partition coefficient (Wildman–Crippen LogP) is 5.43. The maximum absolute atomic E-state index is 14.7. The van der Waals surface area contributed by atoms with Crippen LogP contribution < -0.4 is 24.7 Å². The fourth-order valence-corrected chi connectivity index (χ4v) is 6.31. The number of halogens is 2. The lowest BCUT2D eigenvalue weighted by Gasteiger charge is -2.36. The number of ether oxygens (including phenoxy) is 2. The molecule has 0 radical (unpaired) electrons. The van der Waals surface area contributed by atoms with Crippen LogP contribution in [0, 0.1) is 11.6 Å². The van der Waals surface area contributed by atoms with Crippen LogP contribution in [0.25, 0.3) is 10.9 Å². The lowest BCUT2D eigenvalue weighted by atomic mass is 10.1. The molecule has 0 amide bonds. The zero-order chi connectivity index (χ0) is 31.2. The molecular weight excluding hydrogens is 578 g/mol. The standard InChI is InChI=1S/C34H36F2N6O3/c1-21-20-45-34-31(36)28(35)14-27-32(34)42(21)18-23(33(27)43)17-41(16-22-10-11-37-30(13-22)44-3)26-5-4-12-40(19-26)25-8-9-29(38-15-25)39(2)24-6-7-24/h5,8-11,13-15,18,21,24H,4,6-7,12,16-17,19-20H2,1-3H3. The Morgan fingerprint density at radius 1 is 1.13 bits per heavy atom. The van der Waals surface area contributed by atoms with E-state index >= 15 is 0 Å². The first kappa shape index (κ1) is 29.1. The summed E-state index contributed by atoms with van der Waals surface area (Å²) in [6.07, 6.45) is 10.9. The lowest BCUT2D eigenvalue weighted by molar-refractivity contribution is 0.232. The smallest absolute Gasteiger partial charge is 0.213 e. The van der Waals surface area contributed by atoms with Crippen LogP contribution in [0.4, 0.5) is 20.3 Å². The largest absolute Gasteiger partial charge is 0.486 e. The fourth-order valence-electron chi connectivity index (χ4n) is 6.31. The molecule has 7 rings (SSSR count). The Morgan fingerprint density at radius 3 is 2.73 bits per heavy atom. The first-order chi connectivity index (χ1) is 21.8.